The predicted octanol–water partition coefficient (Wildman–Crippen LogP) is 2.77. The predicted molar refractivity (Wildman–Crippen MR) is 106 cm³/mol. The van der Waals surface area contributed by atoms with Crippen LogP contribution in [-0.2, 0) is 18.0 Å². The third kappa shape index (κ3) is 3.17. The maximum Gasteiger partial charge on any atom is 0.418 e. The summed E-state index contributed by atoms with van der Waals surface area (Å²) in [7, 11) is 1.81. The summed E-state index contributed by atoms with van der Waals surface area (Å²) in [6, 6.07) is 9.20. The van der Waals surface area contributed by atoms with Crippen LogP contribution >= 0.6 is 0 Å². The molecule has 4 aromatic rings. The summed E-state index contributed by atoms with van der Waals surface area (Å²) in [4.78, 5) is 14.8. The molecule has 1 aromatic carbocycles. The number of rotatable bonds is 4. The Hall–Kier alpha value is -3.60. The molecule has 8 nitrogen and oxygen atoms in total. The number of ether oxygens (including phenoxy) is 1. The first-order chi connectivity index (χ1) is 14.8. The summed E-state index contributed by atoms with van der Waals surface area (Å²) in [6.45, 7) is 1.00. The molecule has 0 radical (unpaired) electrons. The second-order valence-electron chi connectivity index (χ2n) is 7.28. The van der Waals surface area contributed by atoms with E-state index in [2.05, 4.69) is 10.2 Å². The number of anilines is 2. The number of halogens is 3. The summed E-state index contributed by atoms with van der Waals surface area (Å²) in [5.41, 5.74) is -0.500. The number of aromatic nitrogens is 5. The molecular weight excluding hydrogens is 413 g/mol. The Morgan fingerprint density at radius 2 is 2.00 bits per heavy atom. The van der Waals surface area contributed by atoms with E-state index in [0.717, 1.165) is 16.2 Å². The largest absolute Gasteiger partial charge is 0.418 e. The molecule has 0 spiro atoms. The maximum absolute atomic E-state index is 13.4. The van der Waals surface area contributed by atoms with Crippen LogP contribution in [0.3, 0.4) is 0 Å². The third-order valence-corrected chi connectivity index (χ3v) is 5.28. The van der Waals surface area contributed by atoms with Gasteiger partial charge in [0.25, 0.3) is 0 Å². The molecule has 1 aliphatic rings. The minimum atomic E-state index is -4.57. The Labute approximate surface area is 173 Å². The second kappa shape index (κ2) is 6.98. The minimum absolute atomic E-state index is 0.0276. The van der Waals surface area contributed by atoms with Gasteiger partial charge in [0.1, 0.15) is 6.33 Å². The first kappa shape index (κ1) is 19.4. The fraction of sp³-hybridized carbons (Fsp3) is 0.250. The van der Waals surface area contributed by atoms with Gasteiger partial charge in [0.15, 0.2) is 0 Å². The van der Waals surface area contributed by atoms with Gasteiger partial charge >= 0.3 is 11.9 Å². The van der Waals surface area contributed by atoms with Gasteiger partial charge in [-0.15, -0.1) is 10.2 Å². The number of fused-ring (bicyclic) bond motifs is 1. The average Bonchev–Trinajstić information content (AvgIpc) is 3.27. The molecule has 0 saturated carbocycles. The van der Waals surface area contributed by atoms with Crippen molar-refractivity contribution in [3.63, 3.8) is 0 Å². The highest BCUT2D eigenvalue weighted by Crippen LogP contribution is 2.33. The lowest BCUT2D eigenvalue weighted by Crippen LogP contribution is -2.47. The van der Waals surface area contributed by atoms with E-state index in [9.17, 15) is 18.0 Å². The van der Waals surface area contributed by atoms with Crippen molar-refractivity contribution in [1.82, 2.24) is 23.7 Å². The number of imidazole rings is 1. The smallest absolute Gasteiger partial charge is 0.377 e. The van der Waals surface area contributed by atoms with Crippen molar-refractivity contribution in [2.45, 2.75) is 12.2 Å². The number of hydrogen-bond acceptors (Lipinski definition) is 5. The monoisotopic (exact) mass is 430 g/mol. The van der Waals surface area contributed by atoms with E-state index < -0.39 is 17.4 Å². The van der Waals surface area contributed by atoms with Crippen LogP contribution in [0, 0.1) is 0 Å². The Bertz CT molecular complexity index is 1320. The van der Waals surface area contributed by atoms with E-state index in [0.29, 0.717) is 24.8 Å². The van der Waals surface area contributed by atoms with Crippen LogP contribution in [0.15, 0.2) is 59.9 Å². The molecule has 11 heteroatoms. The highest BCUT2D eigenvalue weighted by Gasteiger charge is 2.34. The lowest BCUT2D eigenvalue weighted by Gasteiger charge is -2.37. The quantitative estimate of drug-likeness (QED) is 0.498. The van der Waals surface area contributed by atoms with Gasteiger partial charge in [0.2, 0.25) is 5.95 Å². The van der Waals surface area contributed by atoms with Crippen LogP contribution in [0.25, 0.3) is 11.2 Å². The highest BCUT2D eigenvalue weighted by molar-refractivity contribution is 5.63. The molecule has 1 saturated heterocycles. The van der Waals surface area contributed by atoms with Gasteiger partial charge in [0, 0.05) is 25.1 Å². The molecule has 0 unspecified atom stereocenters. The summed E-state index contributed by atoms with van der Waals surface area (Å²) in [6.07, 6.45) is -0.456. The molecule has 1 aliphatic heterocycles. The molecule has 1 fully saturated rings. The molecule has 31 heavy (non-hydrogen) atoms. The summed E-state index contributed by atoms with van der Waals surface area (Å²) in [5, 5.41) is 8.10. The van der Waals surface area contributed by atoms with Gasteiger partial charge in [-0.1, -0.05) is 6.07 Å². The minimum Gasteiger partial charge on any atom is -0.377 e. The second-order valence-corrected chi connectivity index (χ2v) is 7.28. The highest BCUT2D eigenvalue weighted by atomic mass is 19.4. The van der Waals surface area contributed by atoms with E-state index in [1.807, 2.05) is 18.0 Å². The Balaban J connectivity index is 1.64. The van der Waals surface area contributed by atoms with Crippen molar-refractivity contribution < 1.29 is 17.9 Å². The average molecular weight is 430 g/mol. The molecule has 0 N–H and O–H groups in total. The molecule has 0 atom stereocenters. The van der Waals surface area contributed by atoms with E-state index in [-0.39, 0.29) is 11.6 Å². The molecule has 0 aliphatic carbocycles. The molecular formula is C20H17F3N6O2. The summed E-state index contributed by atoms with van der Waals surface area (Å²) < 4.78 is 49.5. The molecule has 3 aromatic heterocycles. The topological polar surface area (TPSA) is 69.6 Å². The zero-order valence-electron chi connectivity index (χ0n) is 16.3. The molecule has 160 valence electrons. The van der Waals surface area contributed by atoms with Crippen LogP contribution in [0.2, 0.25) is 0 Å². The Kier molecular flexibility index (Phi) is 4.36. The van der Waals surface area contributed by atoms with Crippen molar-refractivity contribution in [3.8, 4) is 5.69 Å². The van der Waals surface area contributed by atoms with Crippen LogP contribution in [-0.4, -0.2) is 43.0 Å². The van der Waals surface area contributed by atoms with Crippen LogP contribution in [0.4, 0.5) is 24.8 Å². The van der Waals surface area contributed by atoms with E-state index >= 15 is 0 Å². The van der Waals surface area contributed by atoms with Crippen LogP contribution in [0.1, 0.15) is 5.56 Å². The number of benzene rings is 1. The third-order valence-electron chi connectivity index (χ3n) is 5.28. The van der Waals surface area contributed by atoms with Crippen molar-refractivity contribution in [1.29, 1.82) is 0 Å². The van der Waals surface area contributed by atoms with Gasteiger partial charge in [-0.25, -0.2) is 4.79 Å². The zero-order valence-corrected chi connectivity index (χ0v) is 16.3. The number of alkyl halides is 3. The van der Waals surface area contributed by atoms with Crippen molar-refractivity contribution in [2.24, 2.45) is 7.05 Å². The number of pyridine rings is 1. The van der Waals surface area contributed by atoms with E-state index in [4.69, 9.17) is 4.74 Å². The normalized spacial score (nSPS) is 14.7. The van der Waals surface area contributed by atoms with Gasteiger partial charge in [-0.3, -0.25) is 8.97 Å². The van der Waals surface area contributed by atoms with Gasteiger partial charge in [0.05, 0.1) is 36.0 Å². The Morgan fingerprint density at radius 1 is 1.19 bits per heavy atom. The van der Waals surface area contributed by atoms with Crippen molar-refractivity contribution in [2.75, 3.05) is 18.1 Å². The summed E-state index contributed by atoms with van der Waals surface area (Å²) >= 11 is 0. The van der Waals surface area contributed by atoms with Crippen LogP contribution in [0.5, 0.6) is 0 Å². The number of nitrogens with zero attached hydrogens (tertiary/aromatic N) is 6. The lowest BCUT2D eigenvalue weighted by atomic mass is 10.1. The molecule has 5 rings (SSSR count). The zero-order chi connectivity index (χ0) is 21.8. The number of hydrogen-bond donors (Lipinski definition) is 0. The summed E-state index contributed by atoms with van der Waals surface area (Å²) in [5.74, 6) is 0.596. The Morgan fingerprint density at radius 3 is 2.65 bits per heavy atom. The first-order valence-corrected chi connectivity index (χ1v) is 9.46. The van der Waals surface area contributed by atoms with Crippen LogP contribution < -0.4 is 10.6 Å². The van der Waals surface area contributed by atoms with Gasteiger partial charge < -0.3 is 14.2 Å². The number of aryl methyl sites for hydroxylation is 1. The fourth-order valence-electron chi connectivity index (χ4n) is 3.69. The SMILES string of the molecule is Cn1cnnc1N(c1cccc(-n2cc3c(C(F)(F)F)cccn3c2=O)c1)C1COC1. The van der Waals surface area contributed by atoms with Crippen molar-refractivity contribution >= 4 is 17.2 Å². The maximum atomic E-state index is 13.4. The van der Waals surface area contributed by atoms with E-state index in [1.165, 1.54) is 23.0 Å². The van der Waals surface area contributed by atoms with Gasteiger partial charge in [-0.2, -0.15) is 13.2 Å². The standard InChI is InChI=1S/C20H17F3N6O2/c1-26-12-24-25-18(26)29(15-10-31-11-15)14-5-2-4-13(8-14)28-9-17-16(20(21,22)23)6-3-7-27(17)19(28)30/h2-9,12,15H,10-11H2,1H3. The molecule has 0 bridgehead atoms. The first-order valence-electron chi connectivity index (χ1n) is 9.46. The van der Waals surface area contributed by atoms with Gasteiger partial charge in [-0.05, 0) is 30.3 Å². The fourth-order valence-corrected chi connectivity index (χ4v) is 3.69. The lowest BCUT2D eigenvalue weighted by molar-refractivity contribution is -0.136. The van der Waals surface area contributed by atoms with E-state index in [1.54, 1.807) is 29.1 Å². The molecule has 0 amide bonds. The molecule has 4 heterocycles. The van der Waals surface area contributed by atoms with Crippen molar-refractivity contribution in [3.05, 3.63) is 71.2 Å².